The number of nitrogens with one attached hydrogen (secondary N) is 1. The number of nitrogens with zero attached hydrogens (tertiary/aromatic N) is 2. The van der Waals surface area contributed by atoms with E-state index in [0.29, 0.717) is 5.96 Å². The van der Waals surface area contributed by atoms with Gasteiger partial charge in [-0.05, 0) is 69.4 Å². The van der Waals surface area contributed by atoms with Crippen molar-refractivity contribution >= 4 is 17.6 Å². The molecule has 0 aliphatic carbocycles. The van der Waals surface area contributed by atoms with Gasteiger partial charge < -0.3 is 16.0 Å². The molecule has 4 nitrogen and oxygen atoms in total. The molecule has 128 valence electrons. The van der Waals surface area contributed by atoms with Crippen LogP contribution in [0.4, 0.5) is 0 Å². The Morgan fingerprint density at radius 3 is 2.61 bits per heavy atom. The average Bonchev–Trinajstić information content (AvgIpc) is 3.06. The highest BCUT2D eigenvalue weighted by atomic mass is 35.5. The molecule has 0 atom stereocenters. The summed E-state index contributed by atoms with van der Waals surface area (Å²) in [4.78, 5) is 6.95. The third-order valence-electron chi connectivity index (χ3n) is 4.25. The van der Waals surface area contributed by atoms with Gasteiger partial charge >= 0.3 is 0 Å². The fourth-order valence-corrected chi connectivity index (χ4v) is 3.00. The van der Waals surface area contributed by atoms with E-state index in [2.05, 4.69) is 15.2 Å². The molecule has 1 aromatic rings. The van der Waals surface area contributed by atoms with Gasteiger partial charge in [0.05, 0.1) is 0 Å². The van der Waals surface area contributed by atoms with Crippen molar-refractivity contribution in [1.82, 2.24) is 10.2 Å². The van der Waals surface area contributed by atoms with Crippen LogP contribution in [0.3, 0.4) is 0 Å². The van der Waals surface area contributed by atoms with E-state index in [1.165, 1.54) is 50.9 Å². The normalized spacial score (nSPS) is 16.0. The first-order chi connectivity index (χ1) is 11.2. The topological polar surface area (TPSA) is 53.6 Å². The van der Waals surface area contributed by atoms with Crippen LogP contribution in [0.15, 0.2) is 29.3 Å². The maximum absolute atomic E-state index is 5.89. The highest BCUT2D eigenvalue weighted by Crippen LogP contribution is 2.10. The summed E-state index contributed by atoms with van der Waals surface area (Å²) in [6.45, 7) is 5.45. The van der Waals surface area contributed by atoms with E-state index in [4.69, 9.17) is 17.3 Å². The first kappa shape index (κ1) is 18.1. The summed E-state index contributed by atoms with van der Waals surface area (Å²) in [5.41, 5.74) is 7.13. The molecular weight excluding hydrogens is 308 g/mol. The van der Waals surface area contributed by atoms with Crippen LogP contribution in [-0.4, -0.2) is 43.6 Å². The average molecular weight is 337 g/mol. The molecule has 1 aliphatic heterocycles. The molecule has 1 saturated heterocycles. The zero-order chi connectivity index (χ0) is 16.3. The van der Waals surface area contributed by atoms with Crippen molar-refractivity contribution in [2.45, 2.75) is 38.5 Å². The Hall–Kier alpha value is -1.26. The summed E-state index contributed by atoms with van der Waals surface area (Å²) < 4.78 is 0. The Bertz CT molecular complexity index is 466. The second-order valence-corrected chi connectivity index (χ2v) is 6.62. The quantitative estimate of drug-likeness (QED) is 0.414. The van der Waals surface area contributed by atoms with Crippen molar-refractivity contribution < 1.29 is 0 Å². The van der Waals surface area contributed by atoms with Gasteiger partial charge in [-0.3, -0.25) is 4.99 Å². The van der Waals surface area contributed by atoms with Crippen LogP contribution in [0.25, 0.3) is 0 Å². The van der Waals surface area contributed by atoms with Crippen molar-refractivity contribution in [2.75, 3.05) is 32.7 Å². The minimum Gasteiger partial charge on any atom is -0.370 e. The highest BCUT2D eigenvalue weighted by Gasteiger charge is 2.09. The van der Waals surface area contributed by atoms with Gasteiger partial charge in [-0.1, -0.05) is 30.2 Å². The highest BCUT2D eigenvalue weighted by molar-refractivity contribution is 6.30. The second kappa shape index (κ2) is 10.5. The number of guanidine groups is 1. The Morgan fingerprint density at radius 2 is 1.87 bits per heavy atom. The van der Waals surface area contributed by atoms with Gasteiger partial charge in [-0.2, -0.15) is 0 Å². The van der Waals surface area contributed by atoms with Crippen LogP contribution < -0.4 is 11.1 Å². The largest absolute Gasteiger partial charge is 0.370 e. The lowest BCUT2D eigenvalue weighted by atomic mass is 10.1. The standard InChI is InChI=1S/C18H29ClN4/c19-17-8-6-16(7-9-17)10-12-22-18(20)21-11-2-1-3-13-23-14-4-5-15-23/h6-9H,1-5,10-15H2,(H3,20,21,22). The van der Waals surface area contributed by atoms with Crippen LogP contribution in [0.2, 0.25) is 5.02 Å². The monoisotopic (exact) mass is 336 g/mol. The lowest BCUT2D eigenvalue weighted by molar-refractivity contribution is 0.329. The number of halogens is 1. The summed E-state index contributed by atoms with van der Waals surface area (Å²) in [5.74, 6) is 0.554. The third kappa shape index (κ3) is 7.71. The molecule has 1 aromatic carbocycles. The molecule has 1 aliphatic rings. The van der Waals surface area contributed by atoms with Gasteiger partial charge in [-0.15, -0.1) is 0 Å². The fourth-order valence-electron chi connectivity index (χ4n) is 2.87. The minimum atomic E-state index is 0.554. The molecule has 5 heteroatoms. The number of aliphatic imine (C=N–C) groups is 1. The number of hydrogen-bond donors (Lipinski definition) is 2. The molecule has 0 amide bonds. The molecule has 0 saturated carbocycles. The number of benzene rings is 1. The third-order valence-corrected chi connectivity index (χ3v) is 4.50. The SMILES string of the molecule is NC(=NCCCCCN1CCCC1)NCCc1ccc(Cl)cc1. The molecule has 0 radical (unpaired) electrons. The molecule has 0 unspecified atom stereocenters. The van der Waals surface area contributed by atoms with E-state index < -0.39 is 0 Å². The minimum absolute atomic E-state index is 0.554. The smallest absolute Gasteiger partial charge is 0.188 e. The molecule has 2 rings (SSSR count). The zero-order valence-electron chi connectivity index (χ0n) is 13.9. The van der Waals surface area contributed by atoms with Gasteiger partial charge in [0.15, 0.2) is 5.96 Å². The zero-order valence-corrected chi connectivity index (χ0v) is 14.7. The van der Waals surface area contributed by atoms with Crippen LogP contribution >= 0.6 is 11.6 Å². The van der Waals surface area contributed by atoms with Gasteiger partial charge in [0, 0.05) is 18.1 Å². The molecule has 0 aromatic heterocycles. The van der Waals surface area contributed by atoms with Crippen molar-refractivity contribution in [1.29, 1.82) is 0 Å². The molecule has 0 spiro atoms. The Labute approximate surface area is 145 Å². The van der Waals surface area contributed by atoms with Crippen molar-refractivity contribution in [3.05, 3.63) is 34.9 Å². The van der Waals surface area contributed by atoms with Crippen molar-refractivity contribution in [3.63, 3.8) is 0 Å². The number of rotatable bonds is 9. The maximum Gasteiger partial charge on any atom is 0.188 e. The predicted octanol–water partition coefficient (Wildman–Crippen LogP) is 3.05. The maximum atomic E-state index is 5.89. The molecule has 1 heterocycles. The van der Waals surface area contributed by atoms with Gasteiger partial charge in [-0.25, -0.2) is 0 Å². The number of unbranched alkanes of at least 4 members (excludes halogenated alkanes) is 2. The number of nitrogens with two attached hydrogens (primary N) is 1. The second-order valence-electron chi connectivity index (χ2n) is 6.18. The summed E-state index contributed by atoms with van der Waals surface area (Å²) in [5, 5.41) is 3.94. The number of likely N-dealkylation sites (tertiary alicyclic amines) is 1. The van der Waals surface area contributed by atoms with Gasteiger partial charge in [0.1, 0.15) is 0 Å². The van der Waals surface area contributed by atoms with E-state index in [1.807, 2.05) is 24.3 Å². The molecule has 23 heavy (non-hydrogen) atoms. The lowest BCUT2D eigenvalue weighted by Gasteiger charge is -2.13. The van der Waals surface area contributed by atoms with E-state index in [0.717, 1.165) is 31.0 Å². The van der Waals surface area contributed by atoms with Crippen LogP contribution in [-0.2, 0) is 6.42 Å². The van der Waals surface area contributed by atoms with E-state index in [1.54, 1.807) is 0 Å². The number of hydrogen-bond acceptors (Lipinski definition) is 2. The Kier molecular flexibility index (Phi) is 8.26. The van der Waals surface area contributed by atoms with Crippen molar-refractivity contribution in [2.24, 2.45) is 10.7 Å². The molecule has 0 bridgehead atoms. The van der Waals surface area contributed by atoms with E-state index in [-0.39, 0.29) is 0 Å². The summed E-state index contributed by atoms with van der Waals surface area (Å²) in [6, 6.07) is 7.91. The van der Waals surface area contributed by atoms with E-state index in [9.17, 15) is 0 Å². The lowest BCUT2D eigenvalue weighted by Crippen LogP contribution is -2.33. The predicted molar refractivity (Wildman–Crippen MR) is 99.2 cm³/mol. The fraction of sp³-hybridized carbons (Fsp3) is 0.611. The first-order valence-corrected chi connectivity index (χ1v) is 9.12. The molecular formula is C18H29ClN4. The van der Waals surface area contributed by atoms with Crippen LogP contribution in [0.1, 0.15) is 37.7 Å². The van der Waals surface area contributed by atoms with E-state index >= 15 is 0 Å². The Morgan fingerprint density at radius 1 is 1.13 bits per heavy atom. The van der Waals surface area contributed by atoms with Gasteiger partial charge in [0.25, 0.3) is 0 Å². The Balaban J connectivity index is 1.48. The van der Waals surface area contributed by atoms with Crippen molar-refractivity contribution in [3.8, 4) is 0 Å². The molecule has 1 fully saturated rings. The van der Waals surface area contributed by atoms with Gasteiger partial charge in [0.2, 0.25) is 0 Å². The van der Waals surface area contributed by atoms with Crippen LogP contribution in [0, 0.1) is 0 Å². The molecule has 3 N–H and O–H groups in total. The summed E-state index contributed by atoms with van der Waals surface area (Å²) >= 11 is 5.87. The van der Waals surface area contributed by atoms with Crippen LogP contribution in [0.5, 0.6) is 0 Å². The summed E-state index contributed by atoms with van der Waals surface area (Å²) in [7, 11) is 0. The first-order valence-electron chi connectivity index (χ1n) is 8.74. The summed E-state index contributed by atoms with van der Waals surface area (Å²) in [6.07, 6.45) is 7.30.